The van der Waals surface area contributed by atoms with Crippen molar-refractivity contribution < 1.29 is 22.3 Å². The molecule has 0 atom stereocenters. The Hall–Kier alpha value is -3.74. The van der Waals surface area contributed by atoms with E-state index < -0.39 is 11.7 Å². The zero-order chi connectivity index (χ0) is 24.0. The Bertz CT molecular complexity index is 1440. The van der Waals surface area contributed by atoms with Crippen LogP contribution in [0.15, 0.2) is 69.9 Å². The molecule has 7 heteroatoms. The molecule has 0 saturated heterocycles. The third kappa shape index (κ3) is 3.91. The number of anilines is 1. The monoisotopic (exact) mass is 465 g/mol. The Labute approximate surface area is 194 Å². The molecule has 0 aliphatic carbocycles. The first-order chi connectivity index (χ1) is 16.2. The number of alkyl halides is 3. The van der Waals surface area contributed by atoms with Crippen molar-refractivity contribution in [1.82, 2.24) is 0 Å². The Morgan fingerprint density at radius 2 is 1.74 bits per heavy atom. The number of hydrogen-bond acceptors (Lipinski definition) is 4. The zero-order valence-electron chi connectivity index (χ0n) is 18.7. The fourth-order valence-corrected chi connectivity index (χ4v) is 4.49. The number of nitrogens with zero attached hydrogens (tertiary/aromatic N) is 1. The normalized spacial score (nSPS) is 13.6. The number of halogens is 3. The van der Waals surface area contributed by atoms with Crippen LogP contribution in [0.5, 0.6) is 5.75 Å². The highest BCUT2D eigenvalue weighted by Gasteiger charge is 2.31. The summed E-state index contributed by atoms with van der Waals surface area (Å²) in [6.45, 7) is 4.20. The number of ether oxygens (including phenoxy) is 1. The lowest BCUT2D eigenvalue weighted by molar-refractivity contribution is -0.137. The van der Waals surface area contributed by atoms with E-state index in [9.17, 15) is 18.0 Å². The van der Waals surface area contributed by atoms with E-state index in [0.29, 0.717) is 41.1 Å². The average Bonchev–Trinajstić information content (AvgIpc) is 2.83. The molecule has 1 aliphatic rings. The van der Waals surface area contributed by atoms with Gasteiger partial charge in [-0.1, -0.05) is 36.4 Å². The molecular formula is C27H22F3NO3. The van der Waals surface area contributed by atoms with Crippen LogP contribution >= 0.6 is 0 Å². The predicted octanol–water partition coefficient (Wildman–Crippen LogP) is 6.38. The highest BCUT2D eigenvalue weighted by Crippen LogP contribution is 2.38. The van der Waals surface area contributed by atoms with Crippen molar-refractivity contribution in [3.63, 3.8) is 0 Å². The fourth-order valence-electron chi connectivity index (χ4n) is 4.49. The minimum Gasteiger partial charge on any atom is -0.472 e. The molecule has 0 fully saturated rings. The van der Waals surface area contributed by atoms with Crippen LogP contribution in [0.2, 0.25) is 0 Å². The maximum atomic E-state index is 13.2. The summed E-state index contributed by atoms with van der Waals surface area (Å²) >= 11 is 0. The highest BCUT2D eigenvalue weighted by molar-refractivity contribution is 5.87. The van der Waals surface area contributed by atoms with Crippen molar-refractivity contribution in [3.8, 4) is 5.75 Å². The number of fused-ring (bicyclic) bond motifs is 2. The molecule has 0 spiro atoms. The number of rotatable bonds is 3. The molecule has 1 aliphatic heterocycles. The standard InChI is InChI=1S/C27H22F3NO3/c1-16-22-12-19-14-31(21-10-6-9-20(13-21)27(28,29)30)15-33-24(19)17(2)25(22)34-26(32)23(16)11-18-7-4-3-5-8-18/h3-10,12-13H,11,14-15H2,1-2H3. The maximum absolute atomic E-state index is 13.2. The molecule has 0 unspecified atom stereocenters. The molecule has 2 heterocycles. The molecule has 1 aromatic heterocycles. The van der Waals surface area contributed by atoms with Crippen LogP contribution in [0.4, 0.5) is 18.9 Å². The molecular weight excluding hydrogens is 443 g/mol. The molecule has 0 saturated carbocycles. The van der Waals surface area contributed by atoms with E-state index in [-0.39, 0.29) is 12.4 Å². The summed E-state index contributed by atoms with van der Waals surface area (Å²) in [6, 6.07) is 16.8. The molecule has 5 rings (SSSR count). The minimum absolute atomic E-state index is 0.0932. The fraction of sp³-hybridized carbons (Fsp3) is 0.222. The lowest BCUT2D eigenvalue weighted by Crippen LogP contribution is -2.32. The lowest BCUT2D eigenvalue weighted by Gasteiger charge is -2.32. The Morgan fingerprint density at radius 3 is 2.47 bits per heavy atom. The molecule has 174 valence electrons. The van der Waals surface area contributed by atoms with E-state index >= 15 is 0 Å². The van der Waals surface area contributed by atoms with Gasteiger partial charge in [-0.05, 0) is 49.2 Å². The minimum atomic E-state index is -4.42. The summed E-state index contributed by atoms with van der Waals surface area (Å²) in [5.41, 5.74) is 3.79. The van der Waals surface area contributed by atoms with Gasteiger partial charge in [0.1, 0.15) is 11.3 Å². The van der Waals surface area contributed by atoms with Gasteiger partial charge in [-0.15, -0.1) is 0 Å². The summed E-state index contributed by atoms with van der Waals surface area (Å²) in [6.07, 6.45) is -3.96. The molecule has 0 radical (unpaired) electrons. The van der Waals surface area contributed by atoms with Gasteiger partial charge in [0, 0.05) is 40.7 Å². The molecule has 4 aromatic rings. The van der Waals surface area contributed by atoms with Crippen LogP contribution in [0.25, 0.3) is 11.0 Å². The quantitative estimate of drug-likeness (QED) is 0.330. The highest BCUT2D eigenvalue weighted by atomic mass is 19.4. The van der Waals surface area contributed by atoms with Gasteiger partial charge in [-0.25, -0.2) is 4.79 Å². The topological polar surface area (TPSA) is 42.7 Å². The summed E-state index contributed by atoms with van der Waals surface area (Å²) in [5.74, 6) is 0.606. The van der Waals surface area contributed by atoms with Crippen LogP contribution in [-0.4, -0.2) is 6.73 Å². The van der Waals surface area contributed by atoms with Gasteiger partial charge < -0.3 is 14.1 Å². The van der Waals surface area contributed by atoms with Crippen molar-refractivity contribution in [1.29, 1.82) is 0 Å². The molecule has 0 bridgehead atoms. The average molecular weight is 465 g/mol. The predicted molar refractivity (Wildman–Crippen MR) is 124 cm³/mol. The summed E-state index contributed by atoms with van der Waals surface area (Å²) in [5, 5.41) is 0.802. The number of aryl methyl sites for hydroxylation is 2. The van der Waals surface area contributed by atoms with Gasteiger partial charge in [0.25, 0.3) is 0 Å². The van der Waals surface area contributed by atoms with Crippen LogP contribution in [0.1, 0.15) is 33.4 Å². The maximum Gasteiger partial charge on any atom is 0.416 e. The molecule has 0 N–H and O–H groups in total. The van der Waals surface area contributed by atoms with Crippen molar-refractivity contribution >= 4 is 16.7 Å². The van der Waals surface area contributed by atoms with Crippen LogP contribution in [0, 0.1) is 13.8 Å². The zero-order valence-corrected chi connectivity index (χ0v) is 18.7. The third-order valence-electron chi connectivity index (χ3n) is 6.32. The van der Waals surface area contributed by atoms with Crippen molar-refractivity contribution in [2.75, 3.05) is 11.6 Å². The van der Waals surface area contributed by atoms with Gasteiger partial charge in [0.05, 0.1) is 5.56 Å². The molecule has 3 aromatic carbocycles. The van der Waals surface area contributed by atoms with E-state index in [2.05, 4.69) is 0 Å². The summed E-state index contributed by atoms with van der Waals surface area (Å²) in [7, 11) is 0. The van der Waals surface area contributed by atoms with Gasteiger partial charge in [0.15, 0.2) is 6.73 Å². The second-order valence-corrected chi connectivity index (χ2v) is 8.54. The number of benzene rings is 3. The van der Waals surface area contributed by atoms with E-state index in [1.165, 1.54) is 6.07 Å². The second kappa shape index (κ2) is 8.24. The molecule has 4 nitrogen and oxygen atoms in total. The van der Waals surface area contributed by atoms with Gasteiger partial charge in [-0.3, -0.25) is 0 Å². The Balaban J connectivity index is 1.56. The van der Waals surface area contributed by atoms with Gasteiger partial charge >= 0.3 is 11.8 Å². The first-order valence-corrected chi connectivity index (χ1v) is 10.9. The van der Waals surface area contributed by atoms with E-state index in [4.69, 9.17) is 9.15 Å². The van der Waals surface area contributed by atoms with Crippen LogP contribution in [-0.2, 0) is 19.1 Å². The first kappa shape index (κ1) is 22.1. The van der Waals surface area contributed by atoms with Crippen molar-refractivity contribution in [3.05, 3.63) is 104 Å². The van der Waals surface area contributed by atoms with Gasteiger partial charge in [0.2, 0.25) is 0 Å². The van der Waals surface area contributed by atoms with Crippen molar-refractivity contribution in [2.45, 2.75) is 33.0 Å². The van der Waals surface area contributed by atoms with E-state index in [1.807, 2.05) is 50.2 Å². The molecule has 34 heavy (non-hydrogen) atoms. The van der Waals surface area contributed by atoms with E-state index in [1.54, 1.807) is 11.0 Å². The second-order valence-electron chi connectivity index (χ2n) is 8.54. The summed E-state index contributed by atoms with van der Waals surface area (Å²) in [4.78, 5) is 14.6. The van der Waals surface area contributed by atoms with Crippen LogP contribution < -0.4 is 15.3 Å². The first-order valence-electron chi connectivity index (χ1n) is 10.9. The van der Waals surface area contributed by atoms with Gasteiger partial charge in [-0.2, -0.15) is 13.2 Å². The van der Waals surface area contributed by atoms with Crippen LogP contribution in [0.3, 0.4) is 0 Å². The lowest BCUT2D eigenvalue weighted by atomic mass is 9.96. The van der Waals surface area contributed by atoms with Crippen molar-refractivity contribution in [2.24, 2.45) is 0 Å². The Kier molecular flexibility index (Phi) is 5.35. The summed E-state index contributed by atoms with van der Waals surface area (Å²) < 4.78 is 51.2. The smallest absolute Gasteiger partial charge is 0.416 e. The molecule has 0 amide bonds. The SMILES string of the molecule is Cc1c(Cc2ccccc2)c(=O)oc2c(C)c3c(cc12)CN(c1cccc(C(F)(F)F)c1)CO3. The largest absolute Gasteiger partial charge is 0.472 e. The van der Waals surface area contributed by atoms with E-state index in [0.717, 1.165) is 34.2 Å². The Morgan fingerprint density at radius 1 is 0.971 bits per heavy atom. The number of hydrogen-bond donors (Lipinski definition) is 0. The third-order valence-corrected chi connectivity index (χ3v) is 6.32.